The Kier molecular flexibility index (Phi) is 7.24. The molecule has 0 amide bonds. The maximum atomic E-state index is 5.28. The van der Waals surface area contributed by atoms with Crippen molar-refractivity contribution in [3.63, 3.8) is 0 Å². The number of benzene rings is 5. The van der Waals surface area contributed by atoms with E-state index < -0.39 is 0 Å². The third-order valence-corrected chi connectivity index (χ3v) is 8.40. The van der Waals surface area contributed by atoms with Crippen LogP contribution in [0.25, 0.3) is 66.6 Å². The molecule has 216 valence electrons. The summed E-state index contributed by atoms with van der Waals surface area (Å²) in [5.41, 5.74) is 12.9. The lowest BCUT2D eigenvalue weighted by atomic mass is 9.86. The van der Waals surface area contributed by atoms with Crippen molar-refractivity contribution >= 4 is 21.8 Å². The van der Waals surface area contributed by atoms with E-state index in [9.17, 15) is 0 Å². The topological polar surface area (TPSA) is 25.8 Å². The monoisotopic (exact) mass is 578 g/mol. The van der Waals surface area contributed by atoms with Crippen LogP contribution in [0.15, 0.2) is 133 Å². The molecule has 0 atom stereocenters. The molecule has 0 bridgehead atoms. The predicted molar refractivity (Wildman–Crippen MR) is 190 cm³/mol. The summed E-state index contributed by atoms with van der Waals surface area (Å²) in [6.45, 7) is 8.60. The average Bonchev–Trinajstić information content (AvgIpc) is 3.07. The standard InChI is InChI=1S/C43H34N2/c1-5-12-29-17-19-32(20-18-29)39-25-35(30-13-8-6-9-14-30)37-28-42-38(27-41(37)44-39)36(31-15-10-7-11-16-31)26-40(45-42)33-21-23-34(24-22-33)43(2,3)4/h6-11,13-28H,1-4H3. The molecule has 7 rings (SSSR count). The second-order valence-corrected chi connectivity index (χ2v) is 12.5. The Hall–Kier alpha value is -5.52. The molecule has 0 radical (unpaired) electrons. The Morgan fingerprint density at radius 1 is 0.489 bits per heavy atom. The maximum Gasteiger partial charge on any atom is 0.0723 e. The quantitative estimate of drug-likeness (QED) is 0.153. The zero-order valence-electron chi connectivity index (χ0n) is 26.1. The van der Waals surface area contributed by atoms with E-state index in [-0.39, 0.29) is 5.41 Å². The molecule has 0 fully saturated rings. The molecule has 7 aromatic rings. The molecule has 5 aromatic carbocycles. The summed E-state index contributed by atoms with van der Waals surface area (Å²) < 4.78 is 0. The molecular weight excluding hydrogens is 544 g/mol. The van der Waals surface area contributed by atoms with Gasteiger partial charge in [0.25, 0.3) is 0 Å². The lowest BCUT2D eigenvalue weighted by Gasteiger charge is -2.19. The zero-order chi connectivity index (χ0) is 31.0. The van der Waals surface area contributed by atoms with Crippen LogP contribution < -0.4 is 0 Å². The van der Waals surface area contributed by atoms with Gasteiger partial charge >= 0.3 is 0 Å². The Morgan fingerprint density at radius 2 is 0.933 bits per heavy atom. The van der Waals surface area contributed by atoms with Crippen molar-refractivity contribution in [3.8, 4) is 56.6 Å². The lowest BCUT2D eigenvalue weighted by Crippen LogP contribution is -2.10. The first-order chi connectivity index (χ1) is 21.9. The van der Waals surface area contributed by atoms with Crippen LogP contribution in [0.4, 0.5) is 0 Å². The van der Waals surface area contributed by atoms with Crippen LogP contribution in [0, 0.1) is 11.8 Å². The van der Waals surface area contributed by atoms with Crippen LogP contribution in [0.3, 0.4) is 0 Å². The van der Waals surface area contributed by atoms with Crippen molar-refractivity contribution in [3.05, 3.63) is 145 Å². The fourth-order valence-electron chi connectivity index (χ4n) is 5.96. The summed E-state index contributed by atoms with van der Waals surface area (Å²) in [5.74, 6) is 6.13. The van der Waals surface area contributed by atoms with Gasteiger partial charge in [0, 0.05) is 27.5 Å². The molecular formula is C43H34N2. The minimum atomic E-state index is 0.0921. The number of rotatable bonds is 4. The van der Waals surface area contributed by atoms with Gasteiger partial charge < -0.3 is 0 Å². The zero-order valence-corrected chi connectivity index (χ0v) is 26.1. The summed E-state index contributed by atoms with van der Waals surface area (Å²) in [7, 11) is 0. The summed E-state index contributed by atoms with van der Waals surface area (Å²) in [6, 6.07) is 47.2. The van der Waals surface area contributed by atoms with Gasteiger partial charge in [-0.1, -0.05) is 124 Å². The molecule has 2 heteroatoms. The van der Waals surface area contributed by atoms with Crippen LogP contribution >= 0.6 is 0 Å². The molecule has 2 aromatic heterocycles. The number of hydrogen-bond donors (Lipinski definition) is 0. The van der Waals surface area contributed by atoms with Crippen molar-refractivity contribution in [2.24, 2.45) is 0 Å². The van der Waals surface area contributed by atoms with E-state index in [1.54, 1.807) is 0 Å². The Morgan fingerprint density at radius 3 is 1.36 bits per heavy atom. The highest BCUT2D eigenvalue weighted by atomic mass is 14.7. The summed E-state index contributed by atoms with van der Waals surface area (Å²) >= 11 is 0. The van der Waals surface area contributed by atoms with E-state index >= 15 is 0 Å². The van der Waals surface area contributed by atoms with Crippen LogP contribution in [0.5, 0.6) is 0 Å². The van der Waals surface area contributed by atoms with Gasteiger partial charge in [-0.25, -0.2) is 9.97 Å². The van der Waals surface area contributed by atoms with Crippen LogP contribution in [0.1, 0.15) is 38.8 Å². The minimum Gasteiger partial charge on any atom is -0.248 e. The number of pyridine rings is 2. The Bertz CT molecular complexity index is 2210. The van der Waals surface area contributed by atoms with Gasteiger partial charge in [-0.2, -0.15) is 0 Å². The summed E-state index contributed by atoms with van der Waals surface area (Å²) in [4.78, 5) is 10.5. The van der Waals surface area contributed by atoms with Gasteiger partial charge in [0.15, 0.2) is 0 Å². The summed E-state index contributed by atoms with van der Waals surface area (Å²) in [5, 5.41) is 2.17. The molecule has 0 spiro atoms. The maximum absolute atomic E-state index is 5.28. The van der Waals surface area contributed by atoms with E-state index in [1.165, 1.54) is 5.56 Å². The first-order valence-electron chi connectivity index (χ1n) is 15.4. The van der Waals surface area contributed by atoms with Gasteiger partial charge in [0.2, 0.25) is 0 Å². The number of nitrogens with zero attached hydrogens (tertiary/aromatic N) is 2. The van der Waals surface area contributed by atoms with Crippen molar-refractivity contribution < 1.29 is 0 Å². The Balaban J connectivity index is 1.49. The van der Waals surface area contributed by atoms with Gasteiger partial charge in [-0.15, -0.1) is 5.92 Å². The second-order valence-electron chi connectivity index (χ2n) is 12.5. The molecule has 0 unspecified atom stereocenters. The fraction of sp³-hybridized carbons (Fsp3) is 0.116. The highest BCUT2D eigenvalue weighted by Gasteiger charge is 2.17. The van der Waals surface area contributed by atoms with E-state index in [0.29, 0.717) is 0 Å². The second kappa shape index (κ2) is 11.5. The lowest BCUT2D eigenvalue weighted by molar-refractivity contribution is 0.590. The van der Waals surface area contributed by atoms with Crippen molar-refractivity contribution in [2.45, 2.75) is 33.1 Å². The van der Waals surface area contributed by atoms with Crippen LogP contribution in [0.2, 0.25) is 0 Å². The third kappa shape index (κ3) is 5.62. The predicted octanol–water partition coefficient (Wildman–Crippen LogP) is 11.1. The Labute approximate surface area is 265 Å². The van der Waals surface area contributed by atoms with Crippen molar-refractivity contribution in [2.75, 3.05) is 0 Å². The SMILES string of the molecule is CC#Cc1ccc(-c2cc(-c3ccccc3)c3cc4nc(-c5ccc(C(C)(C)C)cc5)cc(-c5ccccc5)c4cc3n2)cc1. The first kappa shape index (κ1) is 28.3. The van der Waals surface area contributed by atoms with Gasteiger partial charge in [-0.05, 0) is 76.6 Å². The smallest absolute Gasteiger partial charge is 0.0723 e. The number of hydrogen-bond acceptors (Lipinski definition) is 2. The fourth-order valence-corrected chi connectivity index (χ4v) is 5.96. The highest BCUT2D eigenvalue weighted by molar-refractivity contribution is 6.08. The molecule has 0 aliphatic rings. The summed E-state index contributed by atoms with van der Waals surface area (Å²) in [6.07, 6.45) is 0. The van der Waals surface area contributed by atoms with E-state index in [2.05, 4.69) is 166 Å². The van der Waals surface area contributed by atoms with Gasteiger partial charge in [0.05, 0.1) is 22.4 Å². The normalized spacial score (nSPS) is 11.4. The molecule has 0 N–H and O–H groups in total. The van der Waals surface area contributed by atoms with Crippen LogP contribution in [-0.2, 0) is 5.41 Å². The third-order valence-electron chi connectivity index (χ3n) is 8.40. The number of aromatic nitrogens is 2. The van der Waals surface area contributed by atoms with E-state index in [1.807, 2.05) is 6.92 Å². The minimum absolute atomic E-state index is 0.0921. The number of fused-ring (bicyclic) bond motifs is 2. The molecule has 45 heavy (non-hydrogen) atoms. The molecule has 2 heterocycles. The van der Waals surface area contributed by atoms with Crippen molar-refractivity contribution in [1.82, 2.24) is 9.97 Å². The largest absolute Gasteiger partial charge is 0.248 e. The first-order valence-corrected chi connectivity index (χ1v) is 15.4. The van der Waals surface area contributed by atoms with Gasteiger partial charge in [-0.3, -0.25) is 0 Å². The van der Waals surface area contributed by atoms with Crippen molar-refractivity contribution in [1.29, 1.82) is 0 Å². The van der Waals surface area contributed by atoms with E-state index in [4.69, 9.17) is 9.97 Å². The molecule has 0 aliphatic heterocycles. The van der Waals surface area contributed by atoms with E-state index in [0.717, 1.165) is 72.1 Å². The molecule has 0 saturated carbocycles. The molecule has 0 aliphatic carbocycles. The van der Waals surface area contributed by atoms with Gasteiger partial charge in [0.1, 0.15) is 0 Å². The average molecular weight is 579 g/mol. The molecule has 2 nitrogen and oxygen atoms in total. The molecule has 0 saturated heterocycles. The highest BCUT2D eigenvalue weighted by Crippen LogP contribution is 2.38. The van der Waals surface area contributed by atoms with Crippen LogP contribution in [-0.4, -0.2) is 9.97 Å².